The van der Waals surface area contributed by atoms with Crippen LogP contribution in [0.2, 0.25) is 0 Å². The molecule has 0 fully saturated rings. The van der Waals surface area contributed by atoms with Crippen molar-refractivity contribution < 1.29 is 4.79 Å². The summed E-state index contributed by atoms with van der Waals surface area (Å²) in [5, 5.41) is 0. The second-order valence-corrected chi connectivity index (χ2v) is 4.64. The van der Waals surface area contributed by atoms with Crippen molar-refractivity contribution in [3.8, 4) is 0 Å². The number of hydrogen-bond acceptors (Lipinski definition) is 2. The number of nitrogens with zero attached hydrogens (tertiary/aromatic N) is 1. The summed E-state index contributed by atoms with van der Waals surface area (Å²) in [7, 11) is 3.97. The van der Waals surface area contributed by atoms with Gasteiger partial charge in [0.25, 0.3) is 0 Å². The topological polar surface area (TPSA) is 20.3 Å². The smallest absolute Gasteiger partial charge is 0.193 e. The predicted octanol–water partition coefficient (Wildman–Crippen LogP) is 3.29. The van der Waals surface area contributed by atoms with Gasteiger partial charge in [-0.1, -0.05) is 23.8 Å². The summed E-state index contributed by atoms with van der Waals surface area (Å²) in [6, 6.07) is 15.4. The van der Waals surface area contributed by atoms with Gasteiger partial charge < -0.3 is 4.90 Å². The maximum absolute atomic E-state index is 12.3. The van der Waals surface area contributed by atoms with Gasteiger partial charge in [-0.05, 0) is 37.3 Å². The molecule has 18 heavy (non-hydrogen) atoms. The molecule has 2 rings (SSSR count). The van der Waals surface area contributed by atoms with Crippen LogP contribution < -0.4 is 4.90 Å². The summed E-state index contributed by atoms with van der Waals surface area (Å²) in [5.74, 6) is 0.0732. The Kier molecular flexibility index (Phi) is 3.47. The fourth-order valence-electron chi connectivity index (χ4n) is 1.86. The second-order valence-electron chi connectivity index (χ2n) is 4.64. The third-order valence-corrected chi connectivity index (χ3v) is 2.93. The Hall–Kier alpha value is -2.09. The fraction of sp³-hybridized carbons (Fsp3) is 0.188. The highest BCUT2D eigenvalue weighted by Crippen LogP contribution is 2.16. The first kappa shape index (κ1) is 12.4. The number of carbonyl (C=O) groups excluding carboxylic acids is 1. The zero-order valence-corrected chi connectivity index (χ0v) is 11.0. The largest absolute Gasteiger partial charge is 0.378 e. The van der Waals surface area contributed by atoms with Crippen LogP contribution in [0, 0.1) is 6.92 Å². The number of anilines is 1. The van der Waals surface area contributed by atoms with E-state index in [-0.39, 0.29) is 5.78 Å². The second kappa shape index (κ2) is 5.05. The highest BCUT2D eigenvalue weighted by Gasteiger charge is 2.08. The Labute approximate surface area is 108 Å². The summed E-state index contributed by atoms with van der Waals surface area (Å²) in [4.78, 5) is 14.3. The van der Waals surface area contributed by atoms with Gasteiger partial charge in [0.15, 0.2) is 5.78 Å². The molecule has 0 heterocycles. The first-order chi connectivity index (χ1) is 8.58. The minimum absolute atomic E-state index is 0.0732. The van der Waals surface area contributed by atoms with Crippen LogP contribution in [-0.2, 0) is 0 Å². The molecule has 0 bridgehead atoms. The summed E-state index contributed by atoms with van der Waals surface area (Å²) >= 11 is 0. The van der Waals surface area contributed by atoms with E-state index in [4.69, 9.17) is 0 Å². The lowest BCUT2D eigenvalue weighted by Gasteiger charge is -2.12. The van der Waals surface area contributed by atoms with Crippen LogP contribution in [0.25, 0.3) is 0 Å². The van der Waals surface area contributed by atoms with E-state index >= 15 is 0 Å². The molecule has 0 aliphatic carbocycles. The average molecular weight is 239 g/mol. The Bertz CT molecular complexity index is 556. The van der Waals surface area contributed by atoms with Crippen molar-refractivity contribution in [3.63, 3.8) is 0 Å². The van der Waals surface area contributed by atoms with Crippen molar-refractivity contribution in [2.24, 2.45) is 0 Å². The van der Waals surface area contributed by atoms with Gasteiger partial charge in [-0.15, -0.1) is 0 Å². The number of rotatable bonds is 3. The maximum Gasteiger partial charge on any atom is 0.193 e. The zero-order valence-electron chi connectivity index (χ0n) is 11.0. The van der Waals surface area contributed by atoms with E-state index in [1.807, 2.05) is 74.4 Å². The summed E-state index contributed by atoms with van der Waals surface area (Å²) in [6.07, 6.45) is 0. The summed E-state index contributed by atoms with van der Waals surface area (Å²) in [5.41, 5.74) is 3.67. The van der Waals surface area contributed by atoms with Crippen LogP contribution in [0.4, 0.5) is 5.69 Å². The Balaban J connectivity index is 2.29. The lowest BCUT2D eigenvalue weighted by molar-refractivity contribution is 0.103. The summed E-state index contributed by atoms with van der Waals surface area (Å²) in [6.45, 7) is 1.99. The minimum atomic E-state index is 0.0732. The quantitative estimate of drug-likeness (QED) is 0.766. The third-order valence-electron chi connectivity index (χ3n) is 2.93. The molecule has 0 saturated heterocycles. The number of hydrogen-bond donors (Lipinski definition) is 0. The predicted molar refractivity (Wildman–Crippen MR) is 75.4 cm³/mol. The SMILES string of the molecule is Cc1cccc(C(=O)c2ccc(N(C)C)cc2)c1. The Morgan fingerprint density at radius 2 is 1.61 bits per heavy atom. The van der Waals surface area contributed by atoms with Gasteiger partial charge in [0.05, 0.1) is 0 Å². The van der Waals surface area contributed by atoms with Crippen molar-refractivity contribution in [1.82, 2.24) is 0 Å². The number of carbonyl (C=O) groups is 1. The van der Waals surface area contributed by atoms with Crippen LogP contribution in [0.1, 0.15) is 21.5 Å². The molecule has 2 heteroatoms. The molecule has 0 aromatic heterocycles. The van der Waals surface area contributed by atoms with Crippen LogP contribution in [-0.4, -0.2) is 19.9 Å². The molecular formula is C16H17NO. The van der Waals surface area contributed by atoms with Crippen LogP contribution in [0.3, 0.4) is 0 Å². The van der Waals surface area contributed by atoms with Gasteiger partial charge >= 0.3 is 0 Å². The number of ketones is 1. The number of aryl methyl sites for hydroxylation is 1. The lowest BCUT2D eigenvalue weighted by Crippen LogP contribution is -2.09. The van der Waals surface area contributed by atoms with Gasteiger partial charge in [0.2, 0.25) is 0 Å². The van der Waals surface area contributed by atoms with Crippen molar-refractivity contribution in [3.05, 3.63) is 65.2 Å². The van der Waals surface area contributed by atoms with Gasteiger partial charge in [-0.3, -0.25) is 4.79 Å². The zero-order chi connectivity index (χ0) is 13.1. The maximum atomic E-state index is 12.3. The Morgan fingerprint density at radius 3 is 2.17 bits per heavy atom. The van der Waals surface area contributed by atoms with E-state index in [0.717, 1.165) is 22.4 Å². The van der Waals surface area contributed by atoms with Crippen LogP contribution in [0.5, 0.6) is 0 Å². The molecule has 0 aliphatic rings. The van der Waals surface area contributed by atoms with Gasteiger partial charge in [0.1, 0.15) is 0 Å². The van der Waals surface area contributed by atoms with E-state index in [1.165, 1.54) is 0 Å². The van der Waals surface area contributed by atoms with Crippen molar-refractivity contribution in [2.45, 2.75) is 6.92 Å². The van der Waals surface area contributed by atoms with E-state index in [0.29, 0.717) is 0 Å². The highest BCUT2D eigenvalue weighted by atomic mass is 16.1. The molecule has 2 nitrogen and oxygen atoms in total. The molecule has 0 radical (unpaired) electrons. The van der Waals surface area contributed by atoms with Crippen LogP contribution in [0.15, 0.2) is 48.5 Å². The fourth-order valence-corrected chi connectivity index (χ4v) is 1.86. The Morgan fingerprint density at radius 1 is 0.944 bits per heavy atom. The molecule has 92 valence electrons. The summed E-state index contributed by atoms with van der Waals surface area (Å²) < 4.78 is 0. The molecular weight excluding hydrogens is 222 g/mol. The van der Waals surface area contributed by atoms with Gasteiger partial charge in [0, 0.05) is 30.9 Å². The van der Waals surface area contributed by atoms with Crippen molar-refractivity contribution in [1.29, 1.82) is 0 Å². The van der Waals surface area contributed by atoms with Crippen molar-refractivity contribution >= 4 is 11.5 Å². The molecule has 0 N–H and O–H groups in total. The molecule has 0 amide bonds. The van der Waals surface area contributed by atoms with E-state index in [1.54, 1.807) is 0 Å². The third kappa shape index (κ3) is 2.59. The molecule has 0 atom stereocenters. The first-order valence-electron chi connectivity index (χ1n) is 5.96. The monoisotopic (exact) mass is 239 g/mol. The van der Waals surface area contributed by atoms with E-state index in [9.17, 15) is 4.79 Å². The molecule has 2 aromatic carbocycles. The first-order valence-corrected chi connectivity index (χ1v) is 5.96. The van der Waals surface area contributed by atoms with Crippen molar-refractivity contribution in [2.75, 3.05) is 19.0 Å². The van der Waals surface area contributed by atoms with E-state index < -0.39 is 0 Å². The molecule has 0 saturated carbocycles. The average Bonchev–Trinajstić information content (AvgIpc) is 2.38. The molecule has 2 aromatic rings. The molecule has 0 aliphatic heterocycles. The van der Waals surface area contributed by atoms with Crippen LogP contribution >= 0.6 is 0 Å². The lowest BCUT2D eigenvalue weighted by atomic mass is 10.0. The molecule has 0 spiro atoms. The van der Waals surface area contributed by atoms with Gasteiger partial charge in [-0.2, -0.15) is 0 Å². The minimum Gasteiger partial charge on any atom is -0.378 e. The number of benzene rings is 2. The highest BCUT2D eigenvalue weighted by molar-refractivity contribution is 6.09. The molecule has 0 unspecified atom stereocenters. The van der Waals surface area contributed by atoms with Gasteiger partial charge in [-0.25, -0.2) is 0 Å². The standard InChI is InChI=1S/C16H17NO/c1-12-5-4-6-14(11-12)16(18)13-7-9-15(10-8-13)17(2)3/h4-11H,1-3H3. The normalized spacial score (nSPS) is 10.2. The van der Waals surface area contributed by atoms with E-state index in [2.05, 4.69) is 0 Å².